The highest BCUT2D eigenvalue weighted by atomic mass is 16.2. The number of anilines is 1. The molecule has 0 fully saturated rings. The number of aryl methyl sites for hydroxylation is 3. The zero-order chi connectivity index (χ0) is 24.6. The number of hydrogen-bond donors (Lipinski definition) is 1. The summed E-state index contributed by atoms with van der Waals surface area (Å²) in [5.41, 5.74) is 5.58. The zero-order valence-corrected chi connectivity index (χ0v) is 20.0. The average molecular weight is 454 g/mol. The molecule has 4 rings (SSSR count). The van der Waals surface area contributed by atoms with E-state index in [1.807, 2.05) is 63.2 Å². The van der Waals surface area contributed by atoms with E-state index in [1.54, 1.807) is 25.1 Å². The molecule has 172 valence electrons. The molecule has 1 atom stereocenters. The number of Topliss-reactive ketones (excluding diaryl/α,β-unsaturated/α-hetero) is 1. The van der Waals surface area contributed by atoms with E-state index < -0.39 is 6.04 Å². The highest BCUT2D eigenvalue weighted by Crippen LogP contribution is 2.28. The van der Waals surface area contributed by atoms with Crippen LogP contribution in [0.3, 0.4) is 0 Å². The molecule has 0 spiro atoms. The van der Waals surface area contributed by atoms with Gasteiger partial charge in [0.05, 0.1) is 22.8 Å². The Morgan fingerprint density at radius 1 is 0.941 bits per heavy atom. The number of aromatic nitrogens is 2. The summed E-state index contributed by atoms with van der Waals surface area (Å²) >= 11 is 0. The Labute approximate surface area is 198 Å². The van der Waals surface area contributed by atoms with Crippen molar-refractivity contribution in [3.05, 3.63) is 93.3 Å². The fourth-order valence-corrected chi connectivity index (χ4v) is 4.12. The second-order valence-electron chi connectivity index (χ2n) is 8.69. The minimum absolute atomic E-state index is 0.154. The van der Waals surface area contributed by atoms with Gasteiger partial charge in [0.2, 0.25) is 5.91 Å². The highest BCUT2D eigenvalue weighted by Gasteiger charge is 2.24. The molecule has 6 nitrogen and oxygen atoms in total. The molecule has 0 saturated carbocycles. The van der Waals surface area contributed by atoms with E-state index in [-0.39, 0.29) is 22.9 Å². The van der Waals surface area contributed by atoms with Crippen LogP contribution in [0.1, 0.15) is 46.9 Å². The molecule has 0 aliphatic heterocycles. The lowest BCUT2D eigenvalue weighted by Gasteiger charge is -2.19. The lowest BCUT2D eigenvalue weighted by molar-refractivity contribution is -0.114. The molecule has 0 aliphatic rings. The number of ketones is 1. The number of amides is 1. The monoisotopic (exact) mass is 453 g/mol. The highest BCUT2D eigenvalue weighted by molar-refractivity contribution is 6.00. The molecule has 1 heterocycles. The maximum Gasteiger partial charge on any atom is 0.278 e. The van der Waals surface area contributed by atoms with Crippen LogP contribution in [0.25, 0.3) is 22.3 Å². The first-order chi connectivity index (χ1) is 16.2. The van der Waals surface area contributed by atoms with Crippen molar-refractivity contribution in [1.29, 1.82) is 0 Å². The Bertz CT molecular complexity index is 1500. The van der Waals surface area contributed by atoms with E-state index in [0.29, 0.717) is 27.8 Å². The third-order valence-corrected chi connectivity index (χ3v) is 6.09. The second kappa shape index (κ2) is 9.06. The Morgan fingerprint density at radius 2 is 1.68 bits per heavy atom. The summed E-state index contributed by atoms with van der Waals surface area (Å²) in [7, 11) is 0. The van der Waals surface area contributed by atoms with Gasteiger partial charge in [0, 0.05) is 18.1 Å². The minimum Gasteiger partial charge on any atom is -0.326 e. The van der Waals surface area contributed by atoms with Crippen LogP contribution in [0.15, 0.2) is 65.5 Å². The van der Waals surface area contributed by atoms with Crippen LogP contribution >= 0.6 is 0 Å². The first-order valence-corrected chi connectivity index (χ1v) is 11.2. The number of fused-ring (bicyclic) bond motifs is 1. The second-order valence-corrected chi connectivity index (χ2v) is 8.69. The van der Waals surface area contributed by atoms with Crippen molar-refractivity contribution < 1.29 is 9.59 Å². The van der Waals surface area contributed by atoms with Gasteiger partial charge in [0.1, 0.15) is 5.69 Å². The van der Waals surface area contributed by atoms with Crippen molar-refractivity contribution in [3.63, 3.8) is 0 Å². The summed E-state index contributed by atoms with van der Waals surface area (Å²) in [6, 6.07) is 17.5. The van der Waals surface area contributed by atoms with E-state index in [9.17, 15) is 14.4 Å². The summed E-state index contributed by atoms with van der Waals surface area (Å²) in [6.07, 6.45) is 0. The third kappa shape index (κ3) is 4.27. The van der Waals surface area contributed by atoms with Crippen molar-refractivity contribution >= 4 is 28.4 Å². The number of benzene rings is 3. The Balaban J connectivity index is 1.96. The molecule has 6 heteroatoms. The Kier molecular flexibility index (Phi) is 6.16. The Morgan fingerprint density at radius 3 is 2.38 bits per heavy atom. The number of hydrogen-bond acceptors (Lipinski definition) is 4. The summed E-state index contributed by atoms with van der Waals surface area (Å²) in [5, 5.41) is 2.79. The molecule has 0 bridgehead atoms. The number of nitrogens with one attached hydrogen (secondary N) is 1. The number of para-hydroxylation sites is 2. The molecule has 0 unspecified atom stereocenters. The molecule has 1 N–H and O–H groups in total. The predicted molar refractivity (Wildman–Crippen MR) is 135 cm³/mol. The molecule has 0 radical (unpaired) electrons. The third-order valence-electron chi connectivity index (χ3n) is 6.09. The van der Waals surface area contributed by atoms with Gasteiger partial charge in [-0.15, -0.1) is 0 Å². The number of rotatable bonds is 5. The number of carbonyl (C=O) groups excluding carboxylic acids is 2. The molecule has 1 amide bonds. The molecular weight excluding hydrogens is 426 g/mol. The molecular formula is C28H27N3O3. The van der Waals surface area contributed by atoms with Gasteiger partial charge in [-0.1, -0.05) is 35.9 Å². The smallest absolute Gasteiger partial charge is 0.278 e. The first kappa shape index (κ1) is 23.1. The minimum atomic E-state index is -0.754. The van der Waals surface area contributed by atoms with Crippen LogP contribution in [0.4, 0.5) is 5.69 Å². The lowest BCUT2D eigenvalue weighted by atomic mass is 9.99. The molecule has 0 aliphatic carbocycles. The van der Waals surface area contributed by atoms with Gasteiger partial charge in [0.15, 0.2) is 5.78 Å². The summed E-state index contributed by atoms with van der Waals surface area (Å²) in [6.45, 7) is 9.02. The van der Waals surface area contributed by atoms with E-state index in [1.165, 1.54) is 11.5 Å². The van der Waals surface area contributed by atoms with Crippen molar-refractivity contribution in [1.82, 2.24) is 9.55 Å². The fraction of sp³-hybridized carbons (Fsp3) is 0.214. The van der Waals surface area contributed by atoms with Crippen molar-refractivity contribution in [2.24, 2.45) is 0 Å². The van der Waals surface area contributed by atoms with Gasteiger partial charge in [-0.05, 0) is 69.2 Å². The molecule has 4 aromatic rings. The summed E-state index contributed by atoms with van der Waals surface area (Å²) < 4.78 is 1.51. The van der Waals surface area contributed by atoms with Crippen LogP contribution in [0, 0.1) is 20.8 Å². The average Bonchev–Trinajstić information content (AvgIpc) is 2.80. The van der Waals surface area contributed by atoms with Gasteiger partial charge < -0.3 is 5.32 Å². The van der Waals surface area contributed by atoms with Gasteiger partial charge in [-0.25, -0.2) is 4.98 Å². The van der Waals surface area contributed by atoms with Crippen LogP contribution in [-0.2, 0) is 4.79 Å². The van der Waals surface area contributed by atoms with E-state index in [4.69, 9.17) is 0 Å². The first-order valence-electron chi connectivity index (χ1n) is 11.2. The van der Waals surface area contributed by atoms with Crippen LogP contribution < -0.4 is 10.9 Å². The van der Waals surface area contributed by atoms with E-state index >= 15 is 0 Å². The lowest BCUT2D eigenvalue weighted by Crippen LogP contribution is -2.30. The van der Waals surface area contributed by atoms with Gasteiger partial charge in [-0.2, -0.15) is 0 Å². The molecule has 34 heavy (non-hydrogen) atoms. The SMILES string of the molecule is CC(=O)Nc1ccc(C)cc1-c1nc2ccccc2n([C@H](C)C(=O)c2ccc(C)c(C)c2)c1=O. The van der Waals surface area contributed by atoms with Gasteiger partial charge >= 0.3 is 0 Å². The normalized spacial score (nSPS) is 11.9. The summed E-state index contributed by atoms with van der Waals surface area (Å²) in [4.78, 5) is 43.8. The van der Waals surface area contributed by atoms with Gasteiger partial charge in [-0.3, -0.25) is 19.0 Å². The number of carbonyl (C=O) groups is 2. The quantitative estimate of drug-likeness (QED) is 0.411. The Hall–Kier alpha value is -4.06. The van der Waals surface area contributed by atoms with E-state index in [2.05, 4.69) is 10.3 Å². The topological polar surface area (TPSA) is 81.1 Å². The summed E-state index contributed by atoms with van der Waals surface area (Å²) in [5.74, 6) is -0.400. The maximum absolute atomic E-state index is 13.9. The van der Waals surface area contributed by atoms with Crippen molar-refractivity contribution in [3.8, 4) is 11.3 Å². The zero-order valence-electron chi connectivity index (χ0n) is 20.0. The fourth-order valence-electron chi connectivity index (χ4n) is 4.12. The van der Waals surface area contributed by atoms with Crippen LogP contribution in [0.5, 0.6) is 0 Å². The number of nitrogens with zero attached hydrogens (tertiary/aromatic N) is 2. The molecule has 0 saturated heterocycles. The van der Waals surface area contributed by atoms with Gasteiger partial charge in [0.25, 0.3) is 5.56 Å². The van der Waals surface area contributed by atoms with Crippen LogP contribution in [-0.4, -0.2) is 21.2 Å². The predicted octanol–water partition coefficient (Wildman–Crippen LogP) is 5.39. The molecule has 3 aromatic carbocycles. The van der Waals surface area contributed by atoms with E-state index in [0.717, 1.165) is 16.7 Å². The van der Waals surface area contributed by atoms with Crippen molar-refractivity contribution in [2.45, 2.75) is 40.7 Å². The van der Waals surface area contributed by atoms with Crippen molar-refractivity contribution in [2.75, 3.05) is 5.32 Å². The van der Waals surface area contributed by atoms with Crippen LogP contribution in [0.2, 0.25) is 0 Å². The molecule has 1 aromatic heterocycles. The standard InChI is InChI=1S/C28H27N3O3/c1-16-10-13-23(29-20(5)32)22(14-16)26-28(34)31(25-9-7-6-8-24(25)30-26)19(4)27(33)21-12-11-17(2)18(3)15-21/h6-15,19H,1-5H3,(H,29,32)/t19-/m1/s1. The largest absolute Gasteiger partial charge is 0.326 e. The maximum atomic E-state index is 13.9.